The standard InChI is InChI=1S/C16H18N2O/c1-2-9-18-14(6-1)12-17-11-13-5-3-8-16-15(13)7-4-10-19-16/h1-3,5-6,8-9,17H,4,7,10-12H2. The van der Waals surface area contributed by atoms with Crippen molar-refractivity contribution in [3.63, 3.8) is 0 Å². The van der Waals surface area contributed by atoms with E-state index in [1.165, 1.54) is 11.1 Å². The molecule has 3 heteroatoms. The predicted molar refractivity (Wildman–Crippen MR) is 75.0 cm³/mol. The van der Waals surface area contributed by atoms with Gasteiger partial charge in [0.2, 0.25) is 0 Å². The van der Waals surface area contributed by atoms with Crippen molar-refractivity contribution in [2.24, 2.45) is 0 Å². The van der Waals surface area contributed by atoms with E-state index < -0.39 is 0 Å². The van der Waals surface area contributed by atoms with Gasteiger partial charge in [0, 0.05) is 19.3 Å². The lowest BCUT2D eigenvalue weighted by atomic mass is 10.00. The number of fused-ring (bicyclic) bond motifs is 1. The number of nitrogens with one attached hydrogen (secondary N) is 1. The Bertz CT molecular complexity index is 540. The molecule has 3 rings (SSSR count). The zero-order valence-corrected chi connectivity index (χ0v) is 10.9. The minimum absolute atomic E-state index is 0.797. The van der Waals surface area contributed by atoms with Gasteiger partial charge < -0.3 is 10.1 Å². The van der Waals surface area contributed by atoms with Gasteiger partial charge in [-0.3, -0.25) is 4.98 Å². The molecule has 3 nitrogen and oxygen atoms in total. The van der Waals surface area contributed by atoms with Gasteiger partial charge in [-0.1, -0.05) is 18.2 Å². The largest absolute Gasteiger partial charge is 0.493 e. The summed E-state index contributed by atoms with van der Waals surface area (Å²) < 4.78 is 5.69. The second-order valence-electron chi connectivity index (χ2n) is 4.77. The maximum atomic E-state index is 5.69. The van der Waals surface area contributed by atoms with E-state index in [0.717, 1.165) is 44.0 Å². The van der Waals surface area contributed by atoms with Crippen molar-refractivity contribution in [2.45, 2.75) is 25.9 Å². The van der Waals surface area contributed by atoms with Gasteiger partial charge in [-0.05, 0) is 42.2 Å². The monoisotopic (exact) mass is 254 g/mol. The quantitative estimate of drug-likeness (QED) is 0.911. The van der Waals surface area contributed by atoms with Gasteiger partial charge in [-0.2, -0.15) is 0 Å². The van der Waals surface area contributed by atoms with E-state index in [9.17, 15) is 0 Å². The molecule has 19 heavy (non-hydrogen) atoms. The van der Waals surface area contributed by atoms with Gasteiger partial charge in [0.05, 0.1) is 12.3 Å². The zero-order chi connectivity index (χ0) is 12.9. The molecule has 2 aromatic rings. The number of pyridine rings is 1. The van der Waals surface area contributed by atoms with E-state index in [-0.39, 0.29) is 0 Å². The Morgan fingerprint density at radius 3 is 3.00 bits per heavy atom. The van der Waals surface area contributed by atoms with Gasteiger partial charge in [0.15, 0.2) is 0 Å². The number of aromatic nitrogens is 1. The third-order valence-corrected chi connectivity index (χ3v) is 3.41. The van der Waals surface area contributed by atoms with Gasteiger partial charge in [-0.25, -0.2) is 0 Å². The topological polar surface area (TPSA) is 34.1 Å². The van der Waals surface area contributed by atoms with Crippen molar-refractivity contribution >= 4 is 0 Å². The Morgan fingerprint density at radius 2 is 2.11 bits per heavy atom. The van der Waals surface area contributed by atoms with Gasteiger partial charge in [0.25, 0.3) is 0 Å². The summed E-state index contributed by atoms with van der Waals surface area (Å²) in [5, 5.41) is 3.45. The summed E-state index contributed by atoms with van der Waals surface area (Å²) in [6.07, 6.45) is 4.07. The van der Waals surface area contributed by atoms with Crippen LogP contribution in [-0.2, 0) is 19.5 Å². The van der Waals surface area contributed by atoms with Crippen molar-refractivity contribution in [2.75, 3.05) is 6.61 Å². The highest BCUT2D eigenvalue weighted by atomic mass is 16.5. The third kappa shape index (κ3) is 2.93. The summed E-state index contributed by atoms with van der Waals surface area (Å²) in [4.78, 5) is 4.31. The maximum Gasteiger partial charge on any atom is 0.122 e. The highest BCUT2D eigenvalue weighted by Gasteiger charge is 2.13. The molecule has 0 saturated carbocycles. The van der Waals surface area contributed by atoms with Crippen molar-refractivity contribution in [3.05, 3.63) is 59.4 Å². The first kappa shape index (κ1) is 12.2. The summed E-state index contributed by atoms with van der Waals surface area (Å²) in [6, 6.07) is 12.3. The van der Waals surface area contributed by atoms with Crippen LogP contribution >= 0.6 is 0 Å². The fourth-order valence-electron chi connectivity index (χ4n) is 2.45. The molecule has 0 spiro atoms. The number of hydrogen-bond acceptors (Lipinski definition) is 3. The molecule has 1 aromatic carbocycles. The highest BCUT2D eigenvalue weighted by Crippen LogP contribution is 2.27. The molecule has 1 N–H and O–H groups in total. The molecule has 0 aliphatic carbocycles. The number of nitrogens with zero attached hydrogens (tertiary/aromatic N) is 1. The molecule has 0 saturated heterocycles. The lowest BCUT2D eigenvalue weighted by Gasteiger charge is -2.20. The van der Waals surface area contributed by atoms with Crippen molar-refractivity contribution < 1.29 is 4.74 Å². The highest BCUT2D eigenvalue weighted by molar-refractivity contribution is 5.41. The number of benzene rings is 1. The fourth-order valence-corrected chi connectivity index (χ4v) is 2.45. The van der Waals surface area contributed by atoms with Gasteiger partial charge >= 0.3 is 0 Å². The normalized spacial score (nSPS) is 13.7. The Hall–Kier alpha value is -1.87. The van der Waals surface area contributed by atoms with Crippen LogP contribution in [0.15, 0.2) is 42.6 Å². The van der Waals surface area contributed by atoms with Crippen LogP contribution in [0.1, 0.15) is 23.2 Å². The molecule has 0 unspecified atom stereocenters. The van der Waals surface area contributed by atoms with Crippen LogP contribution in [0.2, 0.25) is 0 Å². The average molecular weight is 254 g/mol. The molecule has 0 bridgehead atoms. The summed E-state index contributed by atoms with van der Waals surface area (Å²) >= 11 is 0. The van der Waals surface area contributed by atoms with E-state index in [1.54, 1.807) is 0 Å². The number of ether oxygens (including phenoxy) is 1. The Kier molecular flexibility index (Phi) is 3.75. The van der Waals surface area contributed by atoms with E-state index in [2.05, 4.69) is 28.5 Å². The van der Waals surface area contributed by atoms with Gasteiger partial charge in [0.1, 0.15) is 5.75 Å². The molecular formula is C16H18N2O. The maximum absolute atomic E-state index is 5.69. The van der Waals surface area contributed by atoms with Crippen molar-refractivity contribution in [1.29, 1.82) is 0 Å². The molecule has 1 aliphatic heterocycles. The second kappa shape index (κ2) is 5.85. The van der Waals surface area contributed by atoms with E-state index in [1.807, 2.05) is 24.4 Å². The minimum atomic E-state index is 0.797. The molecular weight excluding hydrogens is 236 g/mol. The lowest BCUT2D eigenvalue weighted by Crippen LogP contribution is -2.17. The van der Waals surface area contributed by atoms with Crippen LogP contribution in [0.25, 0.3) is 0 Å². The summed E-state index contributed by atoms with van der Waals surface area (Å²) in [7, 11) is 0. The van der Waals surface area contributed by atoms with Crippen LogP contribution < -0.4 is 10.1 Å². The van der Waals surface area contributed by atoms with Crippen LogP contribution in [0.4, 0.5) is 0 Å². The third-order valence-electron chi connectivity index (χ3n) is 3.41. The fraction of sp³-hybridized carbons (Fsp3) is 0.312. The molecule has 1 aromatic heterocycles. The van der Waals surface area contributed by atoms with Crippen LogP contribution in [0.3, 0.4) is 0 Å². The first-order chi connectivity index (χ1) is 9.43. The SMILES string of the molecule is c1ccc(CNCc2cccc3c2CCCO3)nc1. The molecule has 98 valence electrons. The molecule has 0 amide bonds. The lowest BCUT2D eigenvalue weighted by molar-refractivity contribution is 0.287. The smallest absolute Gasteiger partial charge is 0.122 e. The molecule has 2 heterocycles. The molecule has 0 atom stereocenters. The Balaban J connectivity index is 1.64. The predicted octanol–water partition coefficient (Wildman–Crippen LogP) is 2.70. The van der Waals surface area contributed by atoms with E-state index >= 15 is 0 Å². The van der Waals surface area contributed by atoms with Gasteiger partial charge in [-0.15, -0.1) is 0 Å². The zero-order valence-electron chi connectivity index (χ0n) is 10.9. The molecule has 1 aliphatic rings. The number of rotatable bonds is 4. The van der Waals surface area contributed by atoms with Crippen molar-refractivity contribution in [1.82, 2.24) is 10.3 Å². The van der Waals surface area contributed by atoms with E-state index in [4.69, 9.17) is 4.74 Å². The second-order valence-corrected chi connectivity index (χ2v) is 4.77. The minimum Gasteiger partial charge on any atom is -0.493 e. The molecule has 0 fully saturated rings. The first-order valence-electron chi connectivity index (χ1n) is 6.78. The first-order valence-corrected chi connectivity index (χ1v) is 6.78. The summed E-state index contributed by atoms with van der Waals surface area (Å²) in [6.45, 7) is 2.51. The Morgan fingerprint density at radius 1 is 1.11 bits per heavy atom. The summed E-state index contributed by atoms with van der Waals surface area (Å²) in [5.74, 6) is 1.06. The Labute approximate surface area is 113 Å². The summed E-state index contributed by atoms with van der Waals surface area (Å²) in [5.41, 5.74) is 3.78. The number of hydrogen-bond donors (Lipinski definition) is 1. The van der Waals surface area contributed by atoms with Crippen LogP contribution in [0, 0.1) is 0 Å². The van der Waals surface area contributed by atoms with Crippen molar-refractivity contribution in [3.8, 4) is 5.75 Å². The van der Waals surface area contributed by atoms with Crippen LogP contribution in [-0.4, -0.2) is 11.6 Å². The molecule has 0 radical (unpaired) electrons. The van der Waals surface area contributed by atoms with Crippen LogP contribution in [0.5, 0.6) is 5.75 Å². The van der Waals surface area contributed by atoms with E-state index in [0.29, 0.717) is 0 Å². The average Bonchev–Trinajstić information content (AvgIpc) is 2.49.